The molecular formula is C10H10N4O3. The van der Waals surface area contributed by atoms with Crippen LogP contribution in [0.5, 0.6) is 0 Å². The van der Waals surface area contributed by atoms with E-state index in [1.165, 1.54) is 10.8 Å². The Morgan fingerprint density at radius 3 is 2.65 bits per heavy atom. The van der Waals surface area contributed by atoms with Gasteiger partial charge >= 0.3 is 5.69 Å². The van der Waals surface area contributed by atoms with Crippen LogP contribution in [0.4, 0.5) is 0 Å². The first-order chi connectivity index (χ1) is 8.04. The zero-order valence-corrected chi connectivity index (χ0v) is 8.92. The lowest BCUT2D eigenvalue weighted by Crippen LogP contribution is -2.43. The van der Waals surface area contributed by atoms with E-state index in [-0.39, 0.29) is 11.6 Å². The van der Waals surface area contributed by atoms with Crippen LogP contribution in [0.15, 0.2) is 15.8 Å². The molecule has 1 aliphatic carbocycles. The molecule has 1 amide bonds. The molecule has 1 fully saturated rings. The monoisotopic (exact) mass is 234 g/mol. The topological polar surface area (TPSA) is 111 Å². The van der Waals surface area contributed by atoms with Crippen molar-refractivity contribution in [3.05, 3.63) is 32.6 Å². The Bertz CT molecular complexity index is 630. The van der Waals surface area contributed by atoms with Gasteiger partial charge in [0.05, 0.1) is 0 Å². The number of rotatable bonds is 3. The largest absolute Gasteiger partial charge is 0.368 e. The van der Waals surface area contributed by atoms with Crippen molar-refractivity contribution in [3.8, 4) is 6.07 Å². The molecule has 2 N–H and O–H groups in total. The van der Waals surface area contributed by atoms with Crippen molar-refractivity contribution in [3.63, 3.8) is 0 Å². The van der Waals surface area contributed by atoms with E-state index in [0.29, 0.717) is 4.57 Å². The molecule has 0 spiro atoms. The van der Waals surface area contributed by atoms with Crippen LogP contribution in [0.2, 0.25) is 0 Å². The highest BCUT2D eigenvalue weighted by Gasteiger charge is 2.27. The van der Waals surface area contributed by atoms with Gasteiger partial charge in [-0.05, 0) is 12.8 Å². The molecule has 88 valence electrons. The molecule has 0 saturated heterocycles. The van der Waals surface area contributed by atoms with Gasteiger partial charge in [0.15, 0.2) is 0 Å². The van der Waals surface area contributed by atoms with E-state index >= 15 is 0 Å². The Morgan fingerprint density at radius 1 is 1.53 bits per heavy atom. The third kappa shape index (κ3) is 1.97. The van der Waals surface area contributed by atoms with E-state index < -0.39 is 23.7 Å². The first kappa shape index (κ1) is 11.1. The molecule has 1 aliphatic rings. The SMILES string of the molecule is N#Cc1cn(C2CC2)c(=O)n(CC(N)=O)c1=O. The lowest BCUT2D eigenvalue weighted by atomic mass is 10.3. The van der Waals surface area contributed by atoms with E-state index in [1.807, 2.05) is 0 Å². The molecule has 7 nitrogen and oxygen atoms in total. The summed E-state index contributed by atoms with van der Waals surface area (Å²) in [6, 6.07) is 1.74. The van der Waals surface area contributed by atoms with E-state index in [9.17, 15) is 14.4 Å². The van der Waals surface area contributed by atoms with Gasteiger partial charge in [0.2, 0.25) is 5.91 Å². The number of carbonyl (C=O) groups excluding carboxylic acids is 1. The lowest BCUT2D eigenvalue weighted by Gasteiger charge is -2.08. The minimum absolute atomic E-state index is 0.0225. The molecule has 0 atom stereocenters. The van der Waals surface area contributed by atoms with Crippen molar-refractivity contribution in [2.45, 2.75) is 25.4 Å². The number of nitrogens with two attached hydrogens (primary N) is 1. The van der Waals surface area contributed by atoms with Crippen LogP contribution < -0.4 is 17.0 Å². The summed E-state index contributed by atoms with van der Waals surface area (Å²) in [5, 5.41) is 8.80. The predicted octanol–water partition coefficient (Wildman–Crippen LogP) is -1.30. The smallest absolute Gasteiger partial charge is 0.331 e. The Hall–Kier alpha value is -2.36. The minimum atomic E-state index is -0.790. The van der Waals surface area contributed by atoms with E-state index in [0.717, 1.165) is 12.8 Å². The van der Waals surface area contributed by atoms with Gasteiger partial charge in [-0.2, -0.15) is 5.26 Å². The average molecular weight is 234 g/mol. The van der Waals surface area contributed by atoms with Crippen molar-refractivity contribution in [2.75, 3.05) is 0 Å². The molecule has 17 heavy (non-hydrogen) atoms. The Kier molecular flexibility index (Phi) is 2.55. The summed E-state index contributed by atoms with van der Waals surface area (Å²) in [6.45, 7) is -0.500. The van der Waals surface area contributed by atoms with Crippen LogP contribution in [0.3, 0.4) is 0 Å². The third-order valence-corrected chi connectivity index (χ3v) is 2.57. The van der Waals surface area contributed by atoms with Crippen molar-refractivity contribution >= 4 is 5.91 Å². The van der Waals surface area contributed by atoms with Crippen molar-refractivity contribution < 1.29 is 4.79 Å². The molecule has 0 aliphatic heterocycles. The van der Waals surface area contributed by atoms with Gasteiger partial charge in [-0.15, -0.1) is 0 Å². The van der Waals surface area contributed by atoms with Gasteiger partial charge in [-0.25, -0.2) is 9.36 Å². The standard InChI is InChI=1S/C10H10N4O3/c11-3-6-4-13(7-1-2-7)10(17)14(9(6)16)5-8(12)15/h4,7H,1-2,5H2,(H2,12,15). The molecule has 1 heterocycles. The fourth-order valence-corrected chi connectivity index (χ4v) is 1.61. The quantitative estimate of drug-likeness (QED) is 0.700. The highest BCUT2D eigenvalue weighted by atomic mass is 16.2. The maximum Gasteiger partial charge on any atom is 0.331 e. The highest BCUT2D eigenvalue weighted by Crippen LogP contribution is 2.33. The van der Waals surface area contributed by atoms with Crippen molar-refractivity contribution in [2.24, 2.45) is 5.73 Å². The Labute approximate surface area is 95.7 Å². The van der Waals surface area contributed by atoms with E-state index in [2.05, 4.69) is 0 Å². The number of hydrogen-bond donors (Lipinski definition) is 1. The maximum absolute atomic E-state index is 11.9. The van der Waals surface area contributed by atoms with Gasteiger partial charge in [0.25, 0.3) is 5.56 Å². The van der Waals surface area contributed by atoms with Gasteiger partial charge in [-0.3, -0.25) is 14.2 Å². The molecule has 1 saturated carbocycles. The molecule has 7 heteroatoms. The summed E-state index contributed by atoms with van der Waals surface area (Å²) in [7, 11) is 0. The molecule has 1 aromatic heterocycles. The van der Waals surface area contributed by atoms with Gasteiger partial charge in [-0.1, -0.05) is 0 Å². The van der Waals surface area contributed by atoms with Gasteiger partial charge < -0.3 is 5.73 Å². The summed E-state index contributed by atoms with van der Waals surface area (Å²) in [5.41, 5.74) is 3.45. The average Bonchev–Trinajstić information content (AvgIpc) is 3.08. The molecule has 0 unspecified atom stereocenters. The van der Waals surface area contributed by atoms with Crippen LogP contribution in [-0.4, -0.2) is 15.0 Å². The number of aromatic nitrogens is 2. The number of carbonyl (C=O) groups is 1. The summed E-state index contributed by atoms with van der Waals surface area (Å²) in [6.07, 6.45) is 2.92. The van der Waals surface area contributed by atoms with E-state index in [4.69, 9.17) is 11.0 Å². The summed E-state index contributed by atoms with van der Waals surface area (Å²) >= 11 is 0. The molecule has 0 bridgehead atoms. The fraction of sp³-hybridized carbons (Fsp3) is 0.400. The van der Waals surface area contributed by atoms with Gasteiger partial charge in [0, 0.05) is 12.2 Å². The molecule has 2 rings (SSSR count). The number of primary amides is 1. The normalized spacial score (nSPS) is 14.3. The highest BCUT2D eigenvalue weighted by molar-refractivity contribution is 5.73. The number of hydrogen-bond acceptors (Lipinski definition) is 4. The van der Waals surface area contributed by atoms with Gasteiger partial charge in [0.1, 0.15) is 18.2 Å². The minimum Gasteiger partial charge on any atom is -0.368 e. The molecule has 0 radical (unpaired) electrons. The Morgan fingerprint density at radius 2 is 2.18 bits per heavy atom. The third-order valence-electron chi connectivity index (χ3n) is 2.57. The van der Waals surface area contributed by atoms with Crippen LogP contribution >= 0.6 is 0 Å². The summed E-state index contributed by atoms with van der Waals surface area (Å²) in [5.74, 6) is -0.790. The Balaban J connectivity index is 2.67. The second kappa shape index (κ2) is 3.90. The van der Waals surface area contributed by atoms with Crippen LogP contribution in [0, 0.1) is 11.3 Å². The molecule has 0 aromatic carbocycles. The first-order valence-corrected chi connectivity index (χ1v) is 5.09. The van der Waals surface area contributed by atoms with Crippen molar-refractivity contribution in [1.29, 1.82) is 5.26 Å². The second-order valence-electron chi connectivity index (χ2n) is 3.93. The first-order valence-electron chi connectivity index (χ1n) is 5.09. The van der Waals surface area contributed by atoms with Crippen LogP contribution in [0.1, 0.15) is 24.4 Å². The van der Waals surface area contributed by atoms with Crippen molar-refractivity contribution in [1.82, 2.24) is 9.13 Å². The zero-order chi connectivity index (χ0) is 12.6. The molecular weight excluding hydrogens is 224 g/mol. The zero-order valence-electron chi connectivity index (χ0n) is 8.92. The van der Waals surface area contributed by atoms with Crippen LogP contribution in [-0.2, 0) is 11.3 Å². The molecule has 1 aromatic rings. The second-order valence-corrected chi connectivity index (χ2v) is 3.93. The van der Waals surface area contributed by atoms with Crippen LogP contribution in [0.25, 0.3) is 0 Å². The number of amides is 1. The number of nitrogens with zero attached hydrogens (tertiary/aromatic N) is 3. The summed E-state index contributed by atoms with van der Waals surface area (Å²) in [4.78, 5) is 34.4. The summed E-state index contributed by atoms with van der Waals surface area (Å²) < 4.78 is 2.03. The lowest BCUT2D eigenvalue weighted by molar-refractivity contribution is -0.118. The van der Waals surface area contributed by atoms with E-state index in [1.54, 1.807) is 6.07 Å². The number of nitriles is 1. The maximum atomic E-state index is 11.9. The fourth-order valence-electron chi connectivity index (χ4n) is 1.61. The predicted molar refractivity (Wildman–Crippen MR) is 57.1 cm³/mol.